The number of aromatic nitrogens is 2. The lowest BCUT2D eigenvalue weighted by atomic mass is 10.1. The number of benzene rings is 1. The predicted molar refractivity (Wildman–Crippen MR) is 97.9 cm³/mol. The topological polar surface area (TPSA) is 84.5 Å². The summed E-state index contributed by atoms with van der Waals surface area (Å²) in [7, 11) is 1.69. The number of ether oxygens (including phenoxy) is 2. The quantitative estimate of drug-likeness (QED) is 0.758. The van der Waals surface area contributed by atoms with Crippen LogP contribution < -0.4 is 15.0 Å². The number of nitrogens with zero attached hydrogens (tertiary/aromatic N) is 2. The molecule has 1 aliphatic heterocycles. The van der Waals surface area contributed by atoms with Crippen molar-refractivity contribution < 1.29 is 14.3 Å². The largest absolute Gasteiger partial charge is 0.486 e. The highest BCUT2D eigenvalue weighted by atomic mass is 32.1. The van der Waals surface area contributed by atoms with Gasteiger partial charge in [-0.3, -0.25) is 9.59 Å². The molecular formula is C18H17N3O4S. The predicted octanol–water partition coefficient (Wildman–Crippen LogP) is 1.96. The van der Waals surface area contributed by atoms with Crippen LogP contribution >= 0.6 is 11.3 Å². The van der Waals surface area contributed by atoms with Crippen LogP contribution in [0, 0.1) is 0 Å². The second-order valence-electron chi connectivity index (χ2n) is 6.05. The molecule has 3 aromatic rings. The van der Waals surface area contributed by atoms with Gasteiger partial charge in [0.05, 0.1) is 18.5 Å². The van der Waals surface area contributed by atoms with Crippen molar-refractivity contribution in [3.63, 3.8) is 0 Å². The molecule has 0 spiro atoms. The first-order chi connectivity index (χ1) is 12.6. The van der Waals surface area contributed by atoms with E-state index in [1.54, 1.807) is 18.0 Å². The fraction of sp³-hybridized carbons (Fsp3) is 0.278. The number of rotatable bonds is 4. The molecule has 0 saturated carbocycles. The van der Waals surface area contributed by atoms with Crippen LogP contribution in [0.25, 0.3) is 10.2 Å². The van der Waals surface area contributed by atoms with Crippen LogP contribution in [0.3, 0.4) is 0 Å². The second kappa shape index (κ2) is 6.80. The molecular weight excluding hydrogens is 354 g/mol. The Morgan fingerprint density at radius 2 is 2.08 bits per heavy atom. The maximum absolute atomic E-state index is 12.5. The molecule has 0 saturated heterocycles. The van der Waals surface area contributed by atoms with Gasteiger partial charge < -0.3 is 19.4 Å². The summed E-state index contributed by atoms with van der Waals surface area (Å²) < 4.78 is 11.6. The van der Waals surface area contributed by atoms with E-state index < -0.39 is 0 Å². The first-order valence-corrected chi connectivity index (χ1v) is 9.07. The van der Waals surface area contributed by atoms with Crippen molar-refractivity contribution in [1.82, 2.24) is 14.9 Å². The standard InChI is InChI=1S/C18H17N3O4S/c1-21(10-15-19-12-4-7-26-17(12)18(23)20-15)16(22)9-11-2-3-13-14(8-11)25-6-5-24-13/h2-4,7-8H,5-6,9-10H2,1H3,(H,19,20,23). The first-order valence-electron chi connectivity index (χ1n) is 8.19. The Labute approximate surface area is 153 Å². The Morgan fingerprint density at radius 1 is 1.27 bits per heavy atom. The fourth-order valence-electron chi connectivity index (χ4n) is 2.82. The molecule has 0 aliphatic carbocycles. The fourth-order valence-corrected chi connectivity index (χ4v) is 3.54. The van der Waals surface area contributed by atoms with E-state index in [9.17, 15) is 9.59 Å². The number of amides is 1. The molecule has 4 rings (SSSR count). The summed E-state index contributed by atoms with van der Waals surface area (Å²) >= 11 is 1.35. The summed E-state index contributed by atoms with van der Waals surface area (Å²) in [5, 5.41) is 1.83. The highest BCUT2D eigenvalue weighted by Gasteiger charge is 2.16. The van der Waals surface area contributed by atoms with Crippen molar-refractivity contribution in [1.29, 1.82) is 0 Å². The van der Waals surface area contributed by atoms with Crippen molar-refractivity contribution in [2.45, 2.75) is 13.0 Å². The van der Waals surface area contributed by atoms with E-state index in [2.05, 4.69) is 9.97 Å². The van der Waals surface area contributed by atoms with Gasteiger partial charge in [-0.2, -0.15) is 0 Å². The Morgan fingerprint density at radius 3 is 2.92 bits per heavy atom. The van der Waals surface area contributed by atoms with Crippen LogP contribution in [0.2, 0.25) is 0 Å². The number of nitrogens with one attached hydrogen (secondary N) is 1. The lowest BCUT2D eigenvalue weighted by Crippen LogP contribution is -2.29. The molecule has 7 nitrogen and oxygen atoms in total. The number of hydrogen-bond acceptors (Lipinski definition) is 6. The number of likely N-dealkylation sites (N-methyl/N-ethyl adjacent to an activating group) is 1. The smallest absolute Gasteiger partial charge is 0.268 e. The lowest BCUT2D eigenvalue weighted by Gasteiger charge is -2.20. The first kappa shape index (κ1) is 16.6. The van der Waals surface area contributed by atoms with Gasteiger partial charge in [-0.05, 0) is 29.1 Å². The van der Waals surface area contributed by atoms with Gasteiger partial charge in [-0.25, -0.2) is 4.98 Å². The number of thiophene rings is 1. The normalized spacial score (nSPS) is 13.0. The van der Waals surface area contributed by atoms with Gasteiger partial charge in [0.2, 0.25) is 5.91 Å². The van der Waals surface area contributed by atoms with E-state index in [1.807, 2.05) is 23.6 Å². The van der Waals surface area contributed by atoms with Gasteiger partial charge in [0, 0.05) is 7.05 Å². The number of aromatic amines is 1. The van der Waals surface area contributed by atoms with Gasteiger partial charge >= 0.3 is 0 Å². The molecule has 0 bridgehead atoms. The van der Waals surface area contributed by atoms with E-state index in [4.69, 9.17) is 9.47 Å². The number of H-pyrrole nitrogens is 1. The van der Waals surface area contributed by atoms with Gasteiger partial charge in [0.1, 0.15) is 23.7 Å². The number of fused-ring (bicyclic) bond motifs is 2. The van der Waals surface area contributed by atoms with E-state index >= 15 is 0 Å². The minimum atomic E-state index is -0.173. The Balaban J connectivity index is 1.46. The van der Waals surface area contributed by atoms with Crippen molar-refractivity contribution >= 4 is 27.5 Å². The van der Waals surface area contributed by atoms with E-state index in [0.29, 0.717) is 40.8 Å². The van der Waals surface area contributed by atoms with Crippen molar-refractivity contribution in [3.05, 3.63) is 51.4 Å². The van der Waals surface area contributed by atoms with Crippen LogP contribution in [0.5, 0.6) is 11.5 Å². The molecule has 8 heteroatoms. The van der Waals surface area contributed by atoms with Crippen LogP contribution in [-0.2, 0) is 17.8 Å². The minimum Gasteiger partial charge on any atom is -0.486 e. The van der Waals surface area contributed by atoms with Crippen molar-refractivity contribution in [2.24, 2.45) is 0 Å². The summed E-state index contributed by atoms with van der Waals surface area (Å²) in [5.74, 6) is 1.76. The third kappa shape index (κ3) is 3.28. The molecule has 1 amide bonds. The minimum absolute atomic E-state index is 0.0743. The SMILES string of the molecule is CN(Cc1nc2ccsc2c(=O)[nH]1)C(=O)Cc1ccc2c(c1)OCCO2. The van der Waals surface area contributed by atoms with Crippen LogP contribution in [-0.4, -0.2) is 41.0 Å². The Hall–Kier alpha value is -2.87. The Kier molecular flexibility index (Phi) is 4.34. The summed E-state index contributed by atoms with van der Waals surface area (Å²) in [4.78, 5) is 33.2. The zero-order valence-electron chi connectivity index (χ0n) is 14.2. The van der Waals surface area contributed by atoms with Gasteiger partial charge in [-0.1, -0.05) is 6.07 Å². The van der Waals surface area contributed by atoms with Gasteiger partial charge in [-0.15, -0.1) is 11.3 Å². The zero-order valence-corrected chi connectivity index (χ0v) is 15.0. The second-order valence-corrected chi connectivity index (χ2v) is 6.97. The highest BCUT2D eigenvalue weighted by molar-refractivity contribution is 7.17. The van der Waals surface area contributed by atoms with Gasteiger partial charge in [0.25, 0.3) is 5.56 Å². The molecule has 1 aromatic carbocycles. The van der Waals surface area contributed by atoms with E-state index in [0.717, 1.165) is 5.56 Å². The molecule has 134 valence electrons. The average Bonchev–Trinajstić information content (AvgIpc) is 3.10. The third-order valence-corrected chi connectivity index (χ3v) is 5.04. The molecule has 0 unspecified atom stereocenters. The molecule has 3 heterocycles. The van der Waals surface area contributed by atoms with Gasteiger partial charge in [0.15, 0.2) is 11.5 Å². The zero-order chi connectivity index (χ0) is 18.1. The maximum atomic E-state index is 12.5. The summed E-state index contributed by atoms with van der Waals surface area (Å²) in [6.45, 7) is 1.28. The van der Waals surface area contributed by atoms with Crippen LogP contribution in [0.15, 0.2) is 34.4 Å². The molecule has 26 heavy (non-hydrogen) atoms. The van der Waals surface area contributed by atoms with Crippen molar-refractivity contribution in [3.8, 4) is 11.5 Å². The Bertz CT molecular complexity index is 1030. The van der Waals surface area contributed by atoms with Crippen molar-refractivity contribution in [2.75, 3.05) is 20.3 Å². The van der Waals surface area contributed by atoms with Crippen LogP contribution in [0.1, 0.15) is 11.4 Å². The van der Waals surface area contributed by atoms with E-state index in [-0.39, 0.29) is 24.4 Å². The molecule has 1 aliphatic rings. The molecule has 0 atom stereocenters. The highest BCUT2D eigenvalue weighted by Crippen LogP contribution is 2.31. The number of hydrogen-bond donors (Lipinski definition) is 1. The molecule has 0 fully saturated rings. The monoisotopic (exact) mass is 371 g/mol. The lowest BCUT2D eigenvalue weighted by molar-refractivity contribution is -0.129. The number of carbonyl (C=O) groups is 1. The summed E-state index contributed by atoms with van der Waals surface area (Å²) in [6.07, 6.45) is 0.234. The van der Waals surface area contributed by atoms with Crippen LogP contribution in [0.4, 0.5) is 0 Å². The maximum Gasteiger partial charge on any atom is 0.268 e. The molecule has 1 N–H and O–H groups in total. The van der Waals surface area contributed by atoms with E-state index in [1.165, 1.54) is 11.3 Å². The summed E-state index contributed by atoms with van der Waals surface area (Å²) in [5.41, 5.74) is 1.33. The summed E-state index contributed by atoms with van der Waals surface area (Å²) in [6, 6.07) is 7.31. The molecule has 2 aromatic heterocycles. The number of carbonyl (C=O) groups excluding carboxylic acids is 1. The molecule has 0 radical (unpaired) electrons. The average molecular weight is 371 g/mol. The third-order valence-electron chi connectivity index (χ3n) is 4.14.